The predicted octanol–water partition coefficient (Wildman–Crippen LogP) is 1.70. The van der Waals surface area contributed by atoms with Crippen LogP contribution in [-0.2, 0) is 9.53 Å². The van der Waals surface area contributed by atoms with E-state index < -0.39 is 5.02 Å². The van der Waals surface area contributed by atoms with Crippen LogP contribution in [0.2, 0.25) is 0 Å². The van der Waals surface area contributed by atoms with Gasteiger partial charge in [-0.1, -0.05) is 30.1 Å². The van der Waals surface area contributed by atoms with Crippen molar-refractivity contribution >= 4 is 29.2 Å². The van der Waals surface area contributed by atoms with Gasteiger partial charge >= 0.3 is 5.97 Å². The highest BCUT2D eigenvalue weighted by atomic mass is 35.5. The van der Waals surface area contributed by atoms with Crippen molar-refractivity contribution in [2.45, 2.75) is 18.4 Å². The zero-order valence-electron chi connectivity index (χ0n) is 4.36. The largest absolute Gasteiger partial charge is 0.431 e. The minimum absolute atomic E-state index is 0.302. The molecule has 0 spiro atoms. The lowest BCUT2D eigenvalue weighted by atomic mass is 10.5. The Labute approximate surface area is 57.7 Å². The Morgan fingerprint density at radius 2 is 2.25 bits per heavy atom. The molecule has 0 atom stereocenters. The van der Waals surface area contributed by atoms with Crippen LogP contribution < -0.4 is 0 Å². The second-order valence-corrected chi connectivity index (χ2v) is 2.12. The number of hydrogen-bond donors (Lipinski definition) is 0. The number of rotatable bonds is 2. The SMILES string of the molecule is CCC(=O)OC(Cl)Cl. The Kier molecular flexibility index (Phi) is 4.01. The fourth-order valence-corrected chi connectivity index (χ4v) is 0.381. The van der Waals surface area contributed by atoms with Gasteiger partial charge in [-0.2, -0.15) is 0 Å². The molecule has 0 bridgehead atoms. The van der Waals surface area contributed by atoms with Gasteiger partial charge in [0.05, 0.1) is 0 Å². The smallest absolute Gasteiger partial charge is 0.307 e. The van der Waals surface area contributed by atoms with E-state index >= 15 is 0 Å². The molecule has 0 aromatic rings. The van der Waals surface area contributed by atoms with Gasteiger partial charge in [-0.3, -0.25) is 4.79 Å². The average Bonchev–Trinajstić information content (AvgIpc) is 1.65. The van der Waals surface area contributed by atoms with Gasteiger partial charge in [0.25, 0.3) is 5.02 Å². The summed E-state index contributed by atoms with van der Waals surface area (Å²) >= 11 is 10.1. The molecule has 4 heteroatoms. The minimum atomic E-state index is -1.03. The zero-order chi connectivity index (χ0) is 6.57. The number of esters is 1. The van der Waals surface area contributed by atoms with E-state index in [9.17, 15) is 4.79 Å². The van der Waals surface area contributed by atoms with Crippen LogP contribution in [-0.4, -0.2) is 11.0 Å². The van der Waals surface area contributed by atoms with Crippen molar-refractivity contribution in [3.05, 3.63) is 0 Å². The van der Waals surface area contributed by atoms with Crippen LogP contribution in [0.15, 0.2) is 0 Å². The molecule has 0 heterocycles. The summed E-state index contributed by atoms with van der Waals surface area (Å²) in [4.78, 5) is 10.2. The standard InChI is InChI=1S/C4H6Cl2O2/c1-2-3(7)8-4(5)6/h4H,2H2,1H3. The summed E-state index contributed by atoms with van der Waals surface area (Å²) in [7, 11) is 0. The number of carbonyl (C=O) groups excluding carboxylic acids is 1. The maximum Gasteiger partial charge on any atom is 0.307 e. The van der Waals surface area contributed by atoms with Gasteiger partial charge < -0.3 is 4.74 Å². The lowest BCUT2D eigenvalue weighted by Crippen LogP contribution is -2.05. The molecule has 0 amide bonds. The van der Waals surface area contributed by atoms with Gasteiger partial charge in [0, 0.05) is 6.42 Å². The van der Waals surface area contributed by atoms with E-state index in [1.54, 1.807) is 6.92 Å². The molecule has 0 radical (unpaired) electrons. The maximum absolute atomic E-state index is 10.2. The fraction of sp³-hybridized carbons (Fsp3) is 0.750. The summed E-state index contributed by atoms with van der Waals surface area (Å²) in [5.74, 6) is -0.389. The van der Waals surface area contributed by atoms with Crippen molar-refractivity contribution < 1.29 is 9.53 Å². The van der Waals surface area contributed by atoms with Crippen LogP contribution in [0.5, 0.6) is 0 Å². The number of alkyl halides is 2. The van der Waals surface area contributed by atoms with Gasteiger partial charge in [-0.05, 0) is 0 Å². The van der Waals surface area contributed by atoms with Crippen molar-refractivity contribution in [3.63, 3.8) is 0 Å². The first-order chi connectivity index (χ1) is 3.66. The van der Waals surface area contributed by atoms with Crippen molar-refractivity contribution in [3.8, 4) is 0 Å². The summed E-state index contributed by atoms with van der Waals surface area (Å²) in [5, 5.41) is -1.03. The van der Waals surface area contributed by atoms with E-state index in [-0.39, 0.29) is 5.97 Å². The topological polar surface area (TPSA) is 26.3 Å². The number of ether oxygens (including phenoxy) is 1. The highest BCUT2D eigenvalue weighted by Gasteiger charge is 2.02. The van der Waals surface area contributed by atoms with E-state index in [4.69, 9.17) is 23.2 Å². The molecular formula is C4H6Cl2O2. The number of carbonyl (C=O) groups is 1. The summed E-state index contributed by atoms with van der Waals surface area (Å²) in [6, 6.07) is 0. The first-order valence-electron chi connectivity index (χ1n) is 2.14. The lowest BCUT2D eigenvalue weighted by molar-refractivity contribution is -0.142. The minimum Gasteiger partial charge on any atom is -0.431 e. The summed E-state index contributed by atoms with van der Waals surface area (Å²) in [5.41, 5.74) is 0. The third-order valence-electron chi connectivity index (χ3n) is 0.509. The quantitative estimate of drug-likeness (QED) is 0.450. The molecule has 0 aromatic heterocycles. The second kappa shape index (κ2) is 3.98. The molecule has 0 saturated heterocycles. The Bertz CT molecular complexity index is 82.1. The second-order valence-electron chi connectivity index (χ2n) is 1.10. The molecule has 0 aromatic carbocycles. The fourth-order valence-electron chi connectivity index (χ4n) is 0.183. The molecule has 8 heavy (non-hydrogen) atoms. The molecule has 48 valence electrons. The Morgan fingerprint density at radius 1 is 1.75 bits per heavy atom. The van der Waals surface area contributed by atoms with Gasteiger partial charge in [0.2, 0.25) is 0 Å². The highest BCUT2D eigenvalue weighted by Crippen LogP contribution is 2.03. The number of halogens is 2. The van der Waals surface area contributed by atoms with E-state index in [0.29, 0.717) is 6.42 Å². The molecule has 0 N–H and O–H groups in total. The summed E-state index contributed by atoms with van der Waals surface area (Å²) in [6.45, 7) is 1.67. The highest BCUT2D eigenvalue weighted by molar-refractivity contribution is 6.43. The Hall–Kier alpha value is 0.0500. The van der Waals surface area contributed by atoms with E-state index in [2.05, 4.69) is 4.74 Å². The first-order valence-corrected chi connectivity index (χ1v) is 3.01. The Morgan fingerprint density at radius 3 is 2.38 bits per heavy atom. The zero-order valence-corrected chi connectivity index (χ0v) is 5.87. The van der Waals surface area contributed by atoms with E-state index in [0.717, 1.165) is 0 Å². The molecule has 0 aliphatic heterocycles. The third kappa shape index (κ3) is 4.22. The van der Waals surface area contributed by atoms with Crippen molar-refractivity contribution in [1.82, 2.24) is 0 Å². The van der Waals surface area contributed by atoms with Gasteiger partial charge in [0.1, 0.15) is 0 Å². The van der Waals surface area contributed by atoms with Crippen LogP contribution in [0.4, 0.5) is 0 Å². The number of hydrogen-bond acceptors (Lipinski definition) is 2. The van der Waals surface area contributed by atoms with Crippen LogP contribution in [0.3, 0.4) is 0 Å². The van der Waals surface area contributed by atoms with Gasteiger partial charge in [0.15, 0.2) is 0 Å². The van der Waals surface area contributed by atoms with Gasteiger partial charge in [-0.25, -0.2) is 0 Å². The molecule has 0 rings (SSSR count). The van der Waals surface area contributed by atoms with Crippen LogP contribution in [0.25, 0.3) is 0 Å². The first kappa shape index (κ1) is 8.05. The lowest BCUT2D eigenvalue weighted by Gasteiger charge is -1.99. The van der Waals surface area contributed by atoms with Crippen molar-refractivity contribution in [1.29, 1.82) is 0 Å². The van der Waals surface area contributed by atoms with Crippen molar-refractivity contribution in [2.75, 3.05) is 0 Å². The van der Waals surface area contributed by atoms with Crippen LogP contribution in [0, 0.1) is 0 Å². The Balaban J connectivity index is 3.25. The molecular weight excluding hydrogens is 151 g/mol. The molecule has 0 aliphatic carbocycles. The molecule has 0 aliphatic rings. The van der Waals surface area contributed by atoms with Crippen molar-refractivity contribution in [2.24, 2.45) is 0 Å². The van der Waals surface area contributed by atoms with Gasteiger partial charge in [-0.15, -0.1) is 0 Å². The molecule has 0 fully saturated rings. The summed E-state index contributed by atoms with van der Waals surface area (Å²) < 4.78 is 4.29. The molecule has 0 saturated carbocycles. The average molecular weight is 157 g/mol. The predicted molar refractivity (Wildman–Crippen MR) is 31.9 cm³/mol. The summed E-state index contributed by atoms with van der Waals surface area (Å²) in [6.07, 6.45) is 0.302. The van der Waals surface area contributed by atoms with E-state index in [1.165, 1.54) is 0 Å². The normalized spacial score (nSPS) is 9.50. The molecule has 2 nitrogen and oxygen atoms in total. The van der Waals surface area contributed by atoms with E-state index in [1.807, 2.05) is 0 Å². The third-order valence-corrected chi connectivity index (χ3v) is 0.687. The van der Waals surface area contributed by atoms with Crippen LogP contribution >= 0.6 is 23.2 Å². The molecule has 0 unspecified atom stereocenters. The monoisotopic (exact) mass is 156 g/mol. The maximum atomic E-state index is 10.2. The van der Waals surface area contributed by atoms with Crippen LogP contribution in [0.1, 0.15) is 13.3 Å².